The van der Waals surface area contributed by atoms with Crippen LogP contribution in [0.5, 0.6) is 0 Å². The molecular formula is C11H14N2O2S. The lowest BCUT2D eigenvalue weighted by atomic mass is 9.93. The Morgan fingerprint density at radius 1 is 1.50 bits per heavy atom. The average molecular weight is 238 g/mol. The van der Waals surface area contributed by atoms with Crippen LogP contribution in [0, 0.1) is 0 Å². The molecule has 0 spiro atoms. The smallest absolute Gasteiger partial charge is 0.308 e. The number of aliphatic carboxylic acids is 1. The highest BCUT2D eigenvalue weighted by atomic mass is 32.1. The van der Waals surface area contributed by atoms with E-state index >= 15 is 0 Å². The number of aromatic nitrogens is 2. The average Bonchev–Trinajstić information content (AvgIpc) is 2.57. The number of carbonyl (C=O) groups is 1. The molecule has 0 radical (unpaired) electrons. The Balaban J connectivity index is 2.37. The van der Waals surface area contributed by atoms with Crippen molar-refractivity contribution in [2.45, 2.75) is 32.6 Å². The van der Waals surface area contributed by atoms with Crippen molar-refractivity contribution in [3.05, 3.63) is 23.0 Å². The van der Waals surface area contributed by atoms with E-state index in [1.165, 1.54) is 11.3 Å². The van der Waals surface area contributed by atoms with Gasteiger partial charge in [0.05, 0.1) is 12.1 Å². The van der Waals surface area contributed by atoms with Gasteiger partial charge in [0.2, 0.25) is 0 Å². The Morgan fingerprint density at radius 3 is 2.69 bits per heavy atom. The zero-order valence-corrected chi connectivity index (χ0v) is 10.3. The summed E-state index contributed by atoms with van der Waals surface area (Å²) in [4.78, 5) is 16.8. The molecule has 2 aromatic heterocycles. The van der Waals surface area contributed by atoms with Crippen molar-refractivity contribution < 1.29 is 9.90 Å². The second kappa shape index (κ2) is 3.59. The molecule has 0 aliphatic rings. The van der Waals surface area contributed by atoms with E-state index in [-0.39, 0.29) is 11.8 Å². The van der Waals surface area contributed by atoms with E-state index in [1.807, 2.05) is 16.8 Å². The molecule has 2 aromatic rings. The van der Waals surface area contributed by atoms with Crippen LogP contribution in [0.25, 0.3) is 4.96 Å². The Bertz CT molecular complexity index is 502. The molecule has 5 heteroatoms. The first kappa shape index (κ1) is 11.1. The van der Waals surface area contributed by atoms with Crippen molar-refractivity contribution in [2.24, 2.45) is 0 Å². The molecule has 0 aromatic carbocycles. The summed E-state index contributed by atoms with van der Waals surface area (Å²) in [5, 5.41) is 8.69. The van der Waals surface area contributed by atoms with E-state index in [9.17, 15) is 4.79 Å². The normalized spacial score (nSPS) is 12.2. The van der Waals surface area contributed by atoms with Gasteiger partial charge in [0.1, 0.15) is 0 Å². The van der Waals surface area contributed by atoms with Crippen LogP contribution in [0.4, 0.5) is 0 Å². The first-order chi connectivity index (χ1) is 7.36. The number of hydrogen-bond acceptors (Lipinski definition) is 3. The van der Waals surface area contributed by atoms with Crippen LogP contribution < -0.4 is 0 Å². The van der Waals surface area contributed by atoms with Crippen molar-refractivity contribution >= 4 is 22.3 Å². The van der Waals surface area contributed by atoms with E-state index in [1.54, 1.807) is 0 Å². The summed E-state index contributed by atoms with van der Waals surface area (Å²) in [5.41, 5.74) is 1.05. The van der Waals surface area contributed by atoms with E-state index < -0.39 is 5.97 Å². The van der Waals surface area contributed by atoms with Gasteiger partial charge >= 0.3 is 5.97 Å². The first-order valence-corrected chi connectivity index (χ1v) is 5.87. The molecule has 0 aliphatic carbocycles. The molecule has 2 rings (SSSR count). The zero-order chi connectivity index (χ0) is 11.9. The molecule has 0 aliphatic heterocycles. The molecule has 1 N–H and O–H groups in total. The number of thiazole rings is 1. The van der Waals surface area contributed by atoms with Crippen molar-refractivity contribution in [3.63, 3.8) is 0 Å². The third-order valence-electron chi connectivity index (χ3n) is 2.30. The van der Waals surface area contributed by atoms with Crippen LogP contribution >= 0.6 is 11.3 Å². The van der Waals surface area contributed by atoms with Gasteiger partial charge in [-0.1, -0.05) is 20.8 Å². The second-order valence-electron chi connectivity index (χ2n) is 4.83. The van der Waals surface area contributed by atoms with Crippen LogP contribution in [0.1, 0.15) is 31.3 Å². The second-order valence-corrected chi connectivity index (χ2v) is 5.93. The molecule has 16 heavy (non-hydrogen) atoms. The number of fused-ring (bicyclic) bond motifs is 1. The van der Waals surface area contributed by atoms with Gasteiger partial charge in [-0.3, -0.25) is 9.20 Å². The van der Waals surface area contributed by atoms with Gasteiger partial charge in [-0.25, -0.2) is 4.98 Å². The fraction of sp³-hybridized carbons (Fsp3) is 0.455. The van der Waals surface area contributed by atoms with Crippen LogP contribution in [0.3, 0.4) is 0 Å². The predicted molar refractivity (Wildman–Crippen MR) is 63.1 cm³/mol. The summed E-state index contributed by atoms with van der Waals surface area (Å²) >= 11 is 1.43. The highest BCUT2D eigenvalue weighted by Crippen LogP contribution is 2.25. The van der Waals surface area contributed by atoms with Crippen LogP contribution in [0.15, 0.2) is 12.4 Å². The maximum absolute atomic E-state index is 10.6. The SMILES string of the molecule is CC(C)(C)c1cn2cc(CC(=O)O)sc2n1. The summed E-state index contributed by atoms with van der Waals surface area (Å²) in [6.45, 7) is 6.33. The lowest BCUT2D eigenvalue weighted by Crippen LogP contribution is -2.11. The lowest BCUT2D eigenvalue weighted by Gasteiger charge is -2.13. The van der Waals surface area contributed by atoms with Gasteiger partial charge in [0.25, 0.3) is 0 Å². The fourth-order valence-electron chi connectivity index (χ4n) is 1.44. The minimum atomic E-state index is -0.805. The van der Waals surface area contributed by atoms with Crippen molar-refractivity contribution in [3.8, 4) is 0 Å². The molecule has 86 valence electrons. The monoisotopic (exact) mass is 238 g/mol. The summed E-state index contributed by atoms with van der Waals surface area (Å²) in [6, 6.07) is 0. The molecule has 2 heterocycles. The maximum atomic E-state index is 10.6. The number of hydrogen-bond donors (Lipinski definition) is 1. The molecule has 0 unspecified atom stereocenters. The Morgan fingerprint density at radius 2 is 2.19 bits per heavy atom. The first-order valence-electron chi connectivity index (χ1n) is 5.06. The van der Waals surface area contributed by atoms with E-state index in [2.05, 4.69) is 25.8 Å². The standard InChI is InChI=1S/C11H14N2O2S/c1-11(2,3)8-6-13-5-7(4-9(14)15)16-10(13)12-8/h5-6H,4H2,1-3H3,(H,14,15). The number of imidazole rings is 1. The van der Waals surface area contributed by atoms with E-state index in [0.29, 0.717) is 0 Å². The molecule has 0 saturated carbocycles. The number of rotatable bonds is 2. The number of nitrogens with zero attached hydrogens (tertiary/aromatic N) is 2. The Kier molecular flexibility index (Phi) is 2.50. The van der Waals surface area contributed by atoms with Gasteiger partial charge in [-0.05, 0) is 0 Å². The highest BCUT2D eigenvalue weighted by Gasteiger charge is 2.18. The van der Waals surface area contributed by atoms with Gasteiger partial charge in [0.15, 0.2) is 4.96 Å². The Labute approximate surface area is 97.6 Å². The summed E-state index contributed by atoms with van der Waals surface area (Å²) in [7, 11) is 0. The predicted octanol–water partition coefficient (Wildman–Crippen LogP) is 2.32. The van der Waals surface area contributed by atoms with Gasteiger partial charge in [-0.2, -0.15) is 0 Å². The highest BCUT2D eigenvalue weighted by molar-refractivity contribution is 7.17. The summed E-state index contributed by atoms with van der Waals surface area (Å²) in [5.74, 6) is -0.805. The maximum Gasteiger partial charge on any atom is 0.308 e. The largest absolute Gasteiger partial charge is 0.481 e. The molecule has 0 amide bonds. The third-order valence-corrected chi connectivity index (χ3v) is 3.29. The minimum absolute atomic E-state index is 0.0265. The fourth-order valence-corrected chi connectivity index (χ4v) is 2.39. The molecule has 0 fully saturated rings. The zero-order valence-electron chi connectivity index (χ0n) is 9.52. The van der Waals surface area contributed by atoms with Crippen molar-refractivity contribution in [1.82, 2.24) is 9.38 Å². The third kappa shape index (κ3) is 2.09. The lowest BCUT2D eigenvalue weighted by molar-refractivity contribution is -0.136. The molecule has 0 bridgehead atoms. The molecule has 0 atom stereocenters. The van der Waals surface area contributed by atoms with Crippen LogP contribution in [0.2, 0.25) is 0 Å². The van der Waals surface area contributed by atoms with Gasteiger partial charge in [0, 0.05) is 22.7 Å². The molecule has 0 saturated heterocycles. The minimum Gasteiger partial charge on any atom is -0.481 e. The van der Waals surface area contributed by atoms with Gasteiger partial charge in [-0.15, -0.1) is 11.3 Å². The van der Waals surface area contributed by atoms with Crippen molar-refractivity contribution in [2.75, 3.05) is 0 Å². The Hall–Kier alpha value is -1.36. The van der Waals surface area contributed by atoms with Crippen molar-refractivity contribution in [1.29, 1.82) is 0 Å². The number of carboxylic acids is 1. The molecule has 4 nitrogen and oxygen atoms in total. The van der Waals surface area contributed by atoms with Gasteiger partial charge < -0.3 is 5.11 Å². The van der Waals surface area contributed by atoms with E-state index in [0.717, 1.165) is 15.5 Å². The van der Waals surface area contributed by atoms with E-state index in [4.69, 9.17) is 5.11 Å². The summed E-state index contributed by atoms with van der Waals surface area (Å²) in [6.07, 6.45) is 3.88. The van der Waals surface area contributed by atoms with Crippen LogP contribution in [-0.2, 0) is 16.6 Å². The van der Waals surface area contributed by atoms with Crippen LogP contribution in [-0.4, -0.2) is 20.5 Å². The topological polar surface area (TPSA) is 54.6 Å². The quantitative estimate of drug-likeness (QED) is 0.873. The molecular weight excluding hydrogens is 224 g/mol. The summed E-state index contributed by atoms with van der Waals surface area (Å²) < 4.78 is 1.91. The number of carboxylic acid groups (broad SMARTS) is 1.